The van der Waals surface area contributed by atoms with E-state index in [1.54, 1.807) is 0 Å². The molecular formula is C11H13F6NO3. The third-order valence-corrected chi connectivity index (χ3v) is 3.41. The molecule has 1 heterocycles. The number of likely N-dealkylation sites (tertiary alicyclic amines) is 1. The van der Waals surface area contributed by atoms with Gasteiger partial charge in [-0.1, -0.05) is 0 Å². The number of carbonyl (C=O) groups is 2. The number of hydrogen-bond donors (Lipinski definition) is 1. The maximum atomic E-state index is 12.5. The van der Waals surface area contributed by atoms with Crippen molar-refractivity contribution in [3.8, 4) is 0 Å². The van der Waals surface area contributed by atoms with E-state index >= 15 is 0 Å². The fourth-order valence-electron chi connectivity index (χ4n) is 2.36. The highest BCUT2D eigenvalue weighted by Crippen LogP contribution is 2.41. The summed E-state index contributed by atoms with van der Waals surface area (Å²) in [5.74, 6) is -8.21. The van der Waals surface area contributed by atoms with Crippen molar-refractivity contribution in [1.29, 1.82) is 0 Å². The second-order valence-electron chi connectivity index (χ2n) is 4.96. The van der Waals surface area contributed by atoms with E-state index in [0.29, 0.717) is 4.90 Å². The number of hydrogen-bond acceptors (Lipinski definition) is 2. The van der Waals surface area contributed by atoms with Crippen molar-refractivity contribution in [3.63, 3.8) is 0 Å². The van der Waals surface area contributed by atoms with Gasteiger partial charge in [-0.3, -0.25) is 9.59 Å². The molecule has 0 radical (unpaired) electrons. The SMILES string of the molecule is CC1CC(C(=O)O)CCN1C(=O)C(C(F)(F)F)C(F)(F)F. The van der Waals surface area contributed by atoms with Gasteiger partial charge in [0.2, 0.25) is 11.8 Å². The second-order valence-corrected chi connectivity index (χ2v) is 4.96. The molecule has 1 fully saturated rings. The van der Waals surface area contributed by atoms with Crippen LogP contribution >= 0.6 is 0 Å². The maximum absolute atomic E-state index is 12.5. The van der Waals surface area contributed by atoms with Crippen LogP contribution in [0.5, 0.6) is 0 Å². The number of carboxylic acids is 1. The Kier molecular flexibility index (Phi) is 4.79. The van der Waals surface area contributed by atoms with Gasteiger partial charge in [-0.05, 0) is 19.8 Å². The minimum absolute atomic E-state index is 0.173. The Morgan fingerprint density at radius 3 is 1.95 bits per heavy atom. The summed E-state index contributed by atoms with van der Waals surface area (Å²) < 4.78 is 75.0. The lowest BCUT2D eigenvalue weighted by molar-refractivity contribution is -0.278. The van der Waals surface area contributed by atoms with E-state index in [4.69, 9.17) is 5.11 Å². The number of aliphatic carboxylic acids is 1. The van der Waals surface area contributed by atoms with E-state index in [-0.39, 0.29) is 12.8 Å². The molecule has 1 aliphatic rings. The number of halogens is 6. The molecule has 1 rings (SSSR count). The Bertz CT molecular complexity index is 405. The molecule has 21 heavy (non-hydrogen) atoms. The van der Waals surface area contributed by atoms with Gasteiger partial charge in [0, 0.05) is 12.6 Å². The number of piperidine rings is 1. The minimum Gasteiger partial charge on any atom is -0.481 e. The fraction of sp³-hybridized carbons (Fsp3) is 0.818. The summed E-state index contributed by atoms with van der Waals surface area (Å²) in [6, 6.07) is -1.00. The van der Waals surface area contributed by atoms with Crippen molar-refractivity contribution in [2.45, 2.75) is 38.2 Å². The van der Waals surface area contributed by atoms with E-state index in [1.807, 2.05) is 0 Å². The maximum Gasteiger partial charge on any atom is 0.409 e. The third-order valence-electron chi connectivity index (χ3n) is 3.41. The van der Waals surface area contributed by atoms with Gasteiger partial charge in [-0.2, -0.15) is 26.3 Å². The molecule has 0 aromatic rings. The average molecular weight is 321 g/mol. The Morgan fingerprint density at radius 1 is 1.14 bits per heavy atom. The third kappa shape index (κ3) is 4.01. The molecule has 10 heteroatoms. The molecule has 4 nitrogen and oxygen atoms in total. The summed E-state index contributed by atoms with van der Waals surface area (Å²) in [4.78, 5) is 22.8. The normalized spacial score (nSPS) is 24.3. The van der Waals surface area contributed by atoms with Gasteiger partial charge in [0.05, 0.1) is 5.92 Å². The van der Waals surface area contributed by atoms with Crippen LogP contribution in [-0.2, 0) is 9.59 Å². The monoisotopic (exact) mass is 321 g/mol. The topological polar surface area (TPSA) is 57.6 Å². The lowest BCUT2D eigenvalue weighted by atomic mass is 9.90. The Labute approximate surface area is 115 Å². The molecule has 2 unspecified atom stereocenters. The Balaban J connectivity index is 2.94. The molecular weight excluding hydrogens is 308 g/mol. The lowest BCUT2D eigenvalue weighted by Gasteiger charge is -2.38. The van der Waals surface area contributed by atoms with E-state index in [9.17, 15) is 35.9 Å². The first-order valence-corrected chi connectivity index (χ1v) is 6.02. The van der Waals surface area contributed by atoms with Gasteiger partial charge in [-0.15, -0.1) is 0 Å². The van der Waals surface area contributed by atoms with Crippen molar-refractivity contribution in [2.75, 3.05) is 6.54 Å². The zero-order valence-corrected chi connectivity index (χ0v) is 10.8. The van der Waals surface area contributed by atoms with Crippen LogP contribution in [0.1, 0.15) is 19.8 Å². The highest BCUT2D eigenvalue weighted by Gasteiger charge is 2.62. The van der Waals surface area contributed by atoms with Crippen molar-refractivity contribution in [2.24, 2.45) is 11.8 Å². The second kappa shape index (κ2) is 5.72. The number of rotatable bonds is 2. The Morgan fingerprint density at radius 2 is 1.62 bits per heavy atom. The summed E-state index contributed by atoms with van der Waals surface area (Å²) in [5.41, 5.74) is 0. The molecule has 0 aromatic carbocycles. The average Bonchev–Trinajstić information content (AvgIpc) is 2.24. The van der Waals surface area contributed by atoms with E-state index in [2.05, 4.69) is 0 Å². The molecule has 1 N–H and O–H groups in total. The van der Waals surface area contributed by atoms with Crippen LogP contribution in [0.3, 0.4) is 0 Å². The molecule has 1 saturated heterocycles. The largest absolute Gasteiger partial charge is 0.481 e. The molecule has 2 atom stereocenters. The summed E-state index contributed by atoms with van der Waals surface area (Å²) in [7, 11) is 0. The highest BCUT2D eigenvalue weighted by atomic mass is 19.4. The van der Waals surface area contributed by atoms with Crippen LogP contribution < -0.4 is 0 Å². The van der Waals surface area contributed by atoms with Crippen molar-refractivity contribution in [1.82, 2.24) is 4.90 Å². The highest BCUT2D eigenvalue weighted by molar-refractivity contribution is 5.81. The zero-order valence-electron chi connectivity index (χ0n) is 10.8. The summed E-state index contributed by atoms with van der Waals surface area (Å²) in [5, 5.41) is 8.79. The minimum atomic E-state index is -5.74. The zero-order chi connectivity index (χ0) is 16.6. The summed E-state index contributed by atoms with van der Waals surface area (Å²) >= 11 is 0. The van der Waals surface area contributed by atoms with E-state index < -0.39 is 48.7 Å². The van der Waals surface area contributed by atoms with Gasteiger partial charge < -0.3 is 10.0 Å². The van der Waals surface area contributed by atoms with Crippen LogP contribution in [-0.4, -0.2) is 46.8 Å². The first-order valence-electron chi connectivity index (χ1n) is 6.02. The summed E-state index contributed by atoms with van der Waals surface area (Å²) in [6.07, 6.45) is -11.8. The number of carbonyl (C=O) groups excluding carboxylic acids is 1. The van der Waals surface area contributed by atoms with Crippen molar-refractivity contribution >= 4 is 11.9 Å². The molecule has 0 bridgehead atoms. The van der Waals surface area contributed by atoms with Crippen LogP contribution in [0, 0.1) is 11.8 Å². The van der Waals surface area contributed by atoms with Gasteiger partial charge >= 0.3 is 18.3 Å². The number of alkyl halides is 6. The molecule has 0 aliphatic carbocycles. The van der Waals surface area contributed by atoms with Crippen LogP contribution in [0.4, 0.5) is 26.3 Å². The molecule has 1 amide bonds. The first-order chi connectivity index (χ1) is 9.35. The van der Waals surface area contributed by atoms with Crippen LogP contribution in [0.15, 0.2) is 0 Å². The van der Waals surface area contributed by atoms with Crippen LogP contribution in [0.2, 0.25) is 0 Å². The lowest BCUT2D eigenvalue weighted by Crippen LogP contribution is -2.54. The Hall–Kier alpha value is -1.48. The number of amides is 1. The molecule has 1 aliphatic heterocycles. The predicted molar refractivity (Wildman–Crippen MR) is 57.1 cm³/mol. The quantitative estimate of drug-likeness (QED) is 0.795. The van der Waals surface area contributed by atoms with Crippen molar-refractivity contribution in [3.05, 3.63) is 0 Å². The number of nitrogens with zero attached hydrogens (tertiary/aromatic N) is 1. The van der Waals surface area contributed by atoms with Gasteiger partial charge in [0.15, 0.2) is 0 Å². The fourth-order valence-corrected chi connectivity index (χ4v) is 2.36. The van der Waals surface area contributed by atoms with Gasteiger partial charge in [-0.25, -0.2) is 0 Å². The summed E-state index contributed by atoms with van der Waals surface area (Å²) in [6.45, 7) is 0.788. The number of carboxylic acid groups (broad SMARTS) is 1. The van der Waals surface area contributed by atoms with E-state index in [0.717, 1.165) is 0 Å². The molecule has 0 aromatic heterocycles. The molecule has 0 spiro atoms. The predicted octanol–water partition coefficient (Wildman–Crippen LogP) is 2.44. The van der Waals surface area contributed by atoms with Gasteiger partial charge in [0.1, 0.15) is 0 Å². The standard InChI is InChI=1S/C11H13F6NO3/c1-5-4-6(9(20)21)2-3-18(5)8(19)7(10(12,13)14)11(15,16)17/h5-7H,2-4H2,1H3,(H,20,21). The van der Waals surface area contributed by atoms with Crippen molar-refractivity contribution < 1.29 is 41.0 Å². The van der Waals surface area contributed by atoms with Gasteiger partial charge in [0.25, 0.3) is 0 Å². The first kappa shape index (κ1) is 17.6. The molecule has 0 saturated carbocycles. The van der Waals surface area contributed by atoms with Crippen LogP contribution in [0.25, 0.3) is 0 Å². The smallest absolute Gasteiger partial charge is 0.409 e. The van der Waals surface area contributed by atoms with E-state index in [1.165, 1.54) is 6.92 Å². The molecule has 122 valence electrons.